The van der Waals surface area contributed by atoms with Gasteiger partial charge in [-0.05, 0) is 61.9 Å². The van der Waals surface area contributed by atoms with Gasteiger partial charge < -0.3 is 19.5 Å². The van der Waals surface area contributed by atoms with E-state index in [0.717, 1.165) is 43.9 Å². The minimum atomic E-state index is -1.02. The van der Waals surface area contributed by atoms with Crippen LogP contribution in [-0.2, 0) is 9.59 Å². The topological polar surface area (TPSA) is 78.9 Å². The molecule has 0 aromatic heterocycles. The molecular formula is C28H36N2O4. The van der Waals surface area contributed by atoms with Crippen LogP contribution in [0.25, 0.3) is 6.08 Å². The van der Waals surface area contributed by atoms with E-state index >= 15 is 0 Å². The van der Waals surface area contributed by atoms with E-state index in [2.05, 4.69) is 41.4 Å². The van der Waals surface area contributed by atoms with Crippen LogP contribution in [0.5, 0.6) is 5.75 Å². The number of nitrogens with one attached hydrogen (secondary N) is 1. The number of anilines is 1. The molecule has 6 heteroatoms. The largest absolute Gasteiger partial charge is 0.493 e. The molecule has 1 saturated heterocycles. The molecule has 6 nitrogen and oxygen atoms in total. The molecule has 0 spiro atoms. The third kappa shape index (κ3) is 6.70. The van der Waals surface area contributed by atoms with E-state index in [1.165, 1.54) is 36.6 Å². The zero-order valence-electron chi connectivity index (χ0n) is 20.2. The summed E-state index contributed by atoms with van der Waals surface area (Å²) in [7, 11) is 0. The highest BCUT2D eigenvalue weighted by Gasteiger charge is 2.23. The number of rotatable bonds is 12. The Balaban J connectivity index is 1.90. The predicted octanol–water partition coefficient (Wildman–Crippen LogP) is 5.54. The molecule has 34 heavy (non-hydrogen) atoms. The molecule has 1 aliphatic rings. The molecule has 0 amide bonds. The maximum atomic E-state index is 12.2. The minimum absolute atomic E-state index is 0.0282. The van der Waals surface area contributed by atoms with Crippen molar-refractivity contribution in [1.29, 1.82) is 0 Å². The van der Waals surface area contributed by atoms with Crippen LogP contribution in [0.1, 0.15) is 74.7 Å². The molecule has 2 N–H and O–H groups in total. The Morgan fingerprint density at radius 2 is 1.91 bits per heavy atom. The predicted molar refractivity (Wildman–Crippen MR) is 136 cm³/mol. The molecule has 2 aromatic carbocycles. The minimum Gasteiger partial charge on any atom is -0.493 e. The Hall–Kier alpha value is -3.12. The van der Waals surface area contributed by atoms with Crippen LogP contribution < -0.4 is 15.0 Å². The van der Waals surface area contributed by atoms with E-state index in [0.29, 0.717) is 17.9 Å². The third-order valence-electron chi connectivity index (χ3n) is 6.21. The Labute approximate surface area is 202 Å². The van der Waals surface area contributed by atoms with Crippen LogP contribution in [0.3, 0.4) is 0 Å². The van der Waals surface area contributed by atoms with Gasteiger partial charge in [0.2, 0.25) is 0 Å². The van der Waals surface area contributed by atoms with Crippen molar-refractivity contribution in [2.45, 2.75) is 58.0 Å². The molecule has 1 fully saturated rings. The normalized spacial score (nSPS) is 15.8. The van der Waals surface area contributed by atoms with Gasteiger partial charge in [-0.25, -0.2) is 4.79 Å². The third-order valence-corrected chi connectivity index (χ3v) is 6.21. The molecule has 0 radical (unpaired) electrons. The quantitative estimate of drug-likeness (QED) is 0.317. The van der Waals surface area contributed by atoms with E-state index in [1.54, 1.807) is 6.07 Å². The molecule has 0 saturated carbocycles. The van der Waals surface area contributed by atoms with E-state index < -0.39 is 12.0 Å². The fourth-order valence-corrected chi connectivity index (χ4v) is 4.58. The molecular weight excluding hydrogens is 428 g/mol. The van der Waals surface area contributed by atoms with Crippen molar-refractivity contribution >= 4 is 24.0 Å². The Morgan fingerprint density at radius 3 is 2.59 bits per heavy atom. The molecule has 2 unspecified atom stereocenters. The zero-order valence-corrected chi connectivity index (χ0v) is 20.2. The highest BCUT2D eigenvalue weighted by molar-refractivity contribution is 5.86. The van der Waals surface area contributed by atoms with Crippen LogP contribution in [0.2, 0.25) is 0 Å². The Bertz CT molecular complexity index is 982. The summed E-state index contributed by atoms with van der Waals surface area (Å²) >= 11 is 0. The number of para-hydroxylation sites is 1. The Morgan fingerprint density at radius 1 is 1.15 bits per heavy atom. The number of ether oxygens (including phenoxy) is 1. The van der Waals surface area contributed by atoms with E-state index in [-0.39, 0.29) is 6.04 Å². The van der Waals surface area contributed by atoms with Gasteiger partial charge in [-0.15, -0.1) is 0 Å². The van der Waals surface area contributed by atoms with Crippen molar-refractivity contribution in [3.63, 3.8) is 0 Å². The monoisotopic (exact) mass is 464 g/mol. The summed E-state index contributed by atoms with van der Waals surface area (Å²) < 4.78 is 5.75. The lowest BCUT2D eigenvalue weighted by Gasteiger charge is -2.33. The van der Waals surface area contributed by atoms with E-state index in [9.17, 15) is 9.59 Å². The van der Waals surface area contributed by atoms with Gasteiger partial charge in [-0.3, -0.25) is 5.32 Å². The second-order valence-electron chi connectivity index (χ2n) is 8.63. The standard InChI is InChI=1S/C28H36N2O4/c1-3-10-24(23-11-6-7-12-26(23)30-17-8-5-9-18-30)29-25(20-31)22-14-13-21(15-16-28(32)33)27(19-22)34-4-2/h6-7,11-16,19-20,24-25,29H,3-5,8-10,17-18H2,1-2H3,(H,32,33)/b16-15+. The van der Waals surface area contributed by atoms with Gasteiger partial charge in [-0.2, -0.15) is 0 Å². The molecule has 1 aliphatic heterocycles. The molecule has 0 bridgehead atoms. The fourth-order valence-electron chi connectivity index (χ4n) is 4.58. The number of nitrogens with zero attached hydrogens (tertiary/aromatic N) is 1. The summed E-state index contributed by atoms with van der Waals surface area (Å²) in [6.07, 6.45) is 9.12. The van der Waals surface area contributed by atoms with Gasteiger partial charge in [-0.1, -0.05) is 43.7 Å². The van der Waals surface area contributed by atoms with Gasteiger partial charge in [0.15, 0.2) is 0 Å². The average Bonchev–Trinajstić information content (AvgIpc) is 2.86. The van der Waals surface area contributed by atoms with Crippen molar-refractivity contribution in [3.05, 3.63) is 65.2 Å². The van der Waals surface area contributed by atoms with Crippen LogP contribution >= 0.6 is 0 Å². The van der Waals surface area contributed by atoms with Crippen LogP contribution in [0, 0.1) is 0 Å². The van der Waals surface area contributed by atoms with Crippen molar-refractivity contribution < 1.29 is 19.4 Å². The lowest BCUT2D eigenvalue weighted by molar-refractivity contribution is -0.131. The lowest BCUT2D eigenvalue weighted by atomic mass is 9.96. The number of carboxylic acids is 1. The second kappa shape index (κ2) is 12.9. The maximum absolute atomic E-state index is 12.2. The maximum Gasteiger partial charge on any atom is 0.328 e. The number of aldehydes is 1. The molecule has 3 rings (SSSR count). The molecule has 1 heterocycles. The number of carbonyl (C=O) groups excluding carboxylic acids is 1. The number of carbonyl (C=O) groups is 2. The van der Waals surface area contributed by atoms with Crippen LogP contribution in [0.4, 0.5) is 5.69 Å². The summed E-state index contributed by atoms with van der Waals surface area (Å²) in [4.78, 5) is 25.6. The molecule has 2 atom stereocenters. The van der Waals surface area contributed by atoms with Gasteiger partial charge in [0, 0.05) is 36.5 Å². The van der Waals surface area contributed by atoms with Crippen molar-refractivity contribution in [2.75, 3.05) is 24.6 Å². The van der Waals surface area contributed by atoms with Gasteiger partial charge in [0.25, 0.3) is 0 Å². The highest BCUT2D eigenvalue weighted by Crippen LogP contribution is 2.33. The lowest BCUT2D eigenvalue weighted by Crippen LogP contribution is -2.33. The first-order chi connectivity index (χ1) is 16.6. The summed E-state index contributed by atoms with van der Waals surface area (Å²) in [5.41, 5.74) is 3.94. The highest BCUT2D eigenvalue weighted by atomic mass is 16.5. The fraction of sp³-hybridized carbons (Fsp3) is 0.429. The number of benzene rings is 2. The number of hydrogen-bond donors (Lipinski definition) is 2. The molecule has 2 aromatic rings. The number of piperidine rings is 1. The van der Waals surface area contributed by atoms with Crippen LogP contribution in [-0.4, -0.2) is 37.1 Å². The van der Waals surface area contributed by atoms with Gasteiger partial charge >= 0.3 is 5.97 Å². The first kappa shape index (κ1) is 25.5. The number of hydrogen-bond acceptors (Lipinski definition) is 5. The Kier molecular flexibility index (Phi) is 9.71. The van der Waals surface area contributed by atoms with Crippen molar-refractivity contribution in [1.82, 2.24) is 5.32 Å². The molecule has 182 valence electrons. The van der Waals surface area contributed by atoms with Gasteiger partial charge in [0.05, 0.1) is 12.6 Å². The average molecular weight is 465 g/mol. The van der Waals surface area contributed by atoms with Crippen molar-refractivity contribution in [3.8, 4) is 5.75 Å². The smallest absolute Gasteiger partial charge is 0.328 e. The molecule has 0 aliphatic carbocycles. The van der Waals surface area contributed by atoms with Gasteiger partial charge in [0.1, 0.15) is 12.0 Å². The zero-order chi connectivity index (χ0) is 24.3. The number of aliphatic carboxylic acids is 1. The first-order valence-electron chi connectivity index (χ1n) is 12.3. The first-order valence-corrected chi connectivity index (χ1v) is 12.3. The summed E-state index contributed by atoms with van der Waals surface area (Å²) in [6, 6.07) is 13.5. The summed E-state index contributed by atoms with van der Waals surface area (Å²) in [5.74, 6) is -0.458. The van der Waals surface area contributed by atoms with Crippen LogP contribution in [0.15, 0.2) is 48.5 Å². The summed E-state index contributed by atoms with van der Waals surface area (Å²) in [5, 5.41) is 12.6. The van der Waals surface area contributed by atoms with E-state index in [1.807, 2.05) is 19.1 Å². The van der Waals surface area contributed by atoms with E-state index in [4.69, 9.17) is 9.84 Å². The SMILES string of the molecule is CCCC(NC(C=O)c1ccc(/C=C/C(=O)O)c(OCC)c1)c1ccccc1N1CCCCC1. The summed E-state index contributed by atoms with van der Waals surface area (Å²) in [6.45, 7) is 6.61. The second-order valence-corrected chi connectivity index (χ2v) is 8.63. The van der Waals surface area contributed by atoms with Crippen molar-refractivity contribution in [2.24, 2.45) is 0 Å². The number of carboxylic acid groups (broad SMARTS) is 1.